The highest BCUT2D eigenvalue weighted by molar-refractivity contribution is 6.30. The van der Waals surface area contributed by atoms with Crippen LogP contribution in [-0.2, 0) is 11.3 Å². The number of rotatable bonds is 4. The molecule has 0 spiro atoms. The van der Waals surface area contributed by atoms with Crippen LogP contribution in [0.15, 0.2) is 18.2 Å². The van der Waals surface area contributed by atoms with E-state index in [9.17, 15) is 10.1 Å². The third kappa shape index (κ3) is 3.41. The zero-order valence-electron chi connectivity index (χ0n) is 9.89. The Labute approximate surface area is 110 Å². The molecule has 1 atom stereocenters. The van der Waals surface area contributed by atoms with Crippen LogP contribution in [-0.4, -0.2) is 24.1 Å². The minimum atomic E-state index is -0.427. The van der Waals surface area contributed by atoms with Crippen molar-refractivity contribution in [3.63, 3.8) is 0 Å². The smallest absolute Gasteiger partial charge is 0.276 e. The molecule has 1 N–H and O–H groups in total. The number of benzene rings is 1. The number of halogens is 1. The van der Waals surface area contributed by atoms with E-state index in [-0.39, 0.29) is 18.4 Å². The fourth-order valence-electron chi connectivity index (χ4n) is 2.00. The maximum Gasteiger partial charge on any atom is 0.276 e. The number of ether oxygens (including phenoxy) is 1. The Hall–Kier alpha value is -1.17. The van der Waals surface area contributed by atoms with Gasteiger partial charge in [0.15, 0.2) is 0 Å². The van der Waals surface area contributed by atoms with Crippen LogP contribution in [0.5, 0.6) is 0 Å². The molecule has 0 aromatic heterocycles. The first-order chi connectivity index (χ1) is 8.66. The summed E-state index contributed by atoms with van der Waals surface area (Å²) in [6.07, 6.45) is 2.20. The molecule has 98 valence electrons. The second kappa shape index (κ2) is 6.13. The van der Waals surface area contributed by atoms with Crippen LogP contribution in [0.1, 0.15) is 18.4 Å². The molecule has 5 nitrogen and oxygen atoms in total. The fraction of sp³-hybridized carbons (Fsp3) is 0.500. The Morgan fingerprint density at radius 3 is 3.06 bits per heavy atom. The van der Waals surface area contributed by atoms with E-state index in [1.165, 1.54) is 6.07 Å². The molecular formula is C12H15ClN2O3. The summed E-state index contributed by atoms with van der Waals surface area (Å²) < 4.78 is 5.69. The van der Waals surface area contributed by atoms with Crippen LogP contribution in [0.4, 0.5) is 5.69 Å². The molecule has 0 radical (unpaired) electrons. The Morgan fingerprint density at radius 1 is 1.56 bits per heavy atom. The molecule has 1 aromatic carbocycles. The fourth-order valence-corrected chi connectivity index (χ4v) is 2.17. The minimum Gasteiger partial charge on any atom is -0.372 e. The molecule has 0 aliphatic carbocycles. The van der Waals surface area contributed by atoms with Gasteiger partial charge < -0.3 is 10.1 Å². The van der Waals surface area contributed by atoms with Gasteiger partial charge in [-0.05, 0) is 31.5 Å². The molecule has 0 saturated carbocycles. The molecule has 2 rings (SSSR count). The zero-order valence-corrected chi connectivity index (χ0v) is 10.7. The maximum absolute atomic E-state index is 10.9. The average molecular weight is 271 g/mol. The molecule has 1 aromatic rings. The van der Waals surface area contributed by atoms with Gasteiger partial charge in [-0.15, -0.1) is 0 Å². The molecule has 6 heteroatoms. The zero-order chi connectivity index (χ0) is 13.0. The normalized spacial score (nSPS) is 19.7. The van der Waals surface area contributed by atoms with Gasteiger partial charge in [-0.3, -0.25) is 10.1 Å². The van der Waals surface area contributed by atoms with Gasteiger partial charge >= 0.3 is 0 Å². The summed E-state index contributed by atoms with van der Waals surface area (Å²) in [5.41, 5.74) is 0.584. The van der Waals surface area contributed by atoms with E-state index in [0.717, 1.165) is 25.9 Å². The lowest BCUT2D eigenvalue weighted by Gasteiger charge is -2.23. The van der Waals surface area contributed by atoms with Gasteiger partial charge in [0.2, 0.25) is 0 Å². The van der Waals surface area contributed by atoms with Crippen LogP contribution in [0, 0.1) is 10.1 Å². The number of piperidine rings is 1. The number of hydrogen-bond donors (Lipinski definition) is 1. The Balaban J connectivity index is 2.01. The Bertz CT molecular complexity index is 433. The third-order valence-corrected chi connectivity index (χ3v) is 3.21. The van der Waals surface area contributed by atoms with Crippen molar-refractivity contribution in [2.75, 3.05) is 13.1 Å². The van der Waals surface area contributed by atoms with Crippen LogP contribution in [0.25, 0.3) is 0 Å². The van der Waals surface area contributed by atoms with Crippen molar-refractivity contribution >= 4 is 17.3 Å². The van der Waals surface area contributed by atoms with Gasteiger partial charge in [0.1, 0.15) is 0 Å². The van der Waals surface area contributed by atoms with Crippen LogP contribution < -0.4 is 5.32 Å². The number of nitrogens with zero attached hydrogens (tertiary/aromatic N) is 1. The van der Waals surface area contributed by atoms with Gasteiger partial charge in [0.25, 0.3) is 5.69 Å². The van der Waals surface area contributed by atoms with Crippen molar-refractivity contribution in [2.24, 2.45) is 0 Å². The molecule has 1 saturated heterocycles. The van der Waals surface area contributed by atoms with Crippen molar-refractivity contribution in [1.82, 2.24) is 5.32 Å². The van der Waals surface area contributed by atoms with E-state index >= 15 is 0 Å². The first-order valence-corrected chi connectivity index (χ1v) is 6.30. The lowest BCUT2D eigenvalue weighted by atomic mass is 10.1. The molecule has 0 bridgehead atoms. The van der Waals surface area contributed by atoms with E-state index in [0.29, 0.717) is 10.6 Å². The summed E-state index contributed by atoms with van der Waals surface area (Å²) in [4.78, 5) is 10.5. The van der Waals surface area contributed by atoms with Crippen LogP contribution in [0.2, 0.25) is 5.02 Å². The predicted molar refractivity (Wildman–Crippen MR) is 68.8 cm³/mol. The number of nitro benzene ring substituents is 1. The predicted octanol–water partition coefficient (Wildman–Crippen LogP) is 2.52. The molecule has 1 fully saturated rings. The topological polar surface area (TPSA) is 64.4 Å². The second-order valence-corrected chi connectivity index (χ2v) is 4.75. The van der Waals surface area contributed by atoms with Crippen LogP contribution >= 0.6 is 11.6 Å². The van der Waals surface area contributed by atoms with E-state index in [1.807, 2.05) is 0 Å². The van der Waals surface area contributed by atoms with Gasteiger partial charge in [-0.1, -0.05) is 11.6 Å². The standard InChI is InChI=1S/C12H15ClN2O3/c13-10-4-3-9(12(6-10)15(16)17)8-18-11-2-1-5-14-7-11/h3-4,6,11,14H,1-2,5,7-8H2/t11-/m0/s1. The maximum atomic E-state index is 10.9. The summed E-state index contributed by atoms with van der Waals surface area (Å²) in [7, 11) is 0. The summed E-state index contributed by atoms with van der Waals surface area (Å²) in [6.45, 7) is 2.07. The van der Waals surface area contributed by atoms with E-state index in [2.05, 4.69) is 5.32 Å². The largest absolute Gasteiger partial charge is 0.372 e. The lowest BCUT2D eigenvalue weighted by molar-refractivity contribution is -0.386. The molecular weight excluding hydrogens is 256 g/mol. The Morgan fingerprint density at radius 2 is 2.39 bits per heavy atom. The monoisotopic (exact) mass is 270 g/mol. The highest BCUT2D eigenvalue weighted by Gasteiger charge is 2.18. The van der Waals surface area contributed by atoms with Gasteiger partial charge in [0.05, 0.1) is 23.2 Å². The third-order valence-electron chi connectivity index (χ3n) is 2.97. The van der Waals surface area contributed by atoms with Crippen LogP contribution in [0.3, 0.4) is 0 Å². The Kier molecular flexibility index (Phi) is 4.52. The van der Waals surface area contributed by atoms with E-state index < -0.39 is 4.92 Å². The first kappa shape index (κ1) is 13.3. The van der Waals surface area contributed by atoms with Crippen molar-refractivity contribution in [2.45, 2.75) is 25.6 Å². The molecule has 1 heterocycles. The summed E-state index contributed by atoms with van der Waals surface area (Å²) in [6, 6.07) is 4.66. The molecule has 1 aliphatic rings. The number of nitrogens with one attached hydrogen (secondary N) is 1. The molecule has 18 heavy (non-hydrogen) atoms. The minimum absolute atomic E-state index is 0.0197. The van der Waals surface area contributed by atoms with Crippen molar-refractivity contribution < 1.29 is 9.66 Å². The highest BCUT2D eigenvalue weighted by atomic mass is 35.5. The average Bonchev–Trinajstić information content (AvgIpc) is 2.38. The second-order valence-electron chi connectivity index (χ2n) is 4.31. The molecule has 0 unspecified atom stereocenters. The van der Waals surface area contributed by atoms with Gasteiger partial charge in [0, 0.05) is 17.6 Å². The van der Waals surface area contributed by atoms with E-state index in [4.69, 9.17) is 16.3 Å². The highest BCUT2D eigenvalue weighted by Crippen LogP contribution is 2.24. The number of hydrogen-bond acceptors (Lipinski definition) is 4. The number of nitro groups is 1. The first-order valence-electron chi connectivity index (χ1n) is 5.92. The SMILES string of the molecule is O=[N+]([O-])c1cc(Cl)ccc1CO[C@H]1CCCNC1. The van der Waals surface area contributed by atoms with Crippen molar-refractivity contribution in [1.29, 1.82) is 0 Å². The van der Waals surface area contributed by atoms with Crippen molar-refractivity contribution in [3.8, 4) is 0 Å². The summed E-state index contributed by atoms with van der Waals surface area (Å²) in [5, 5.41) is 14.5. The van der Waals surface area contributed by atoms with E-state index in [1.54, 1.807) is 12.1 Å². The van der Waals surface area contributed by atoms with Gasteiger partial charge in [-0.25, -0.2) is 0 Å². The summed E-state index contributed by atoms with van der Waals surface area (Å²) in [5.74, 6) is 0. The quantitative estimate of drug-likeness (QED) is 0.674. The summed E-state index contributed by atoms with van der Waals surface area (Å²) >= 11 is 5.75. The molecule has 0 amide bonds. The lowest BCUT2D eigenvalue weighted by Crippen LogP contribution is -2.35. The van der Waals surface area contributed by atoms with Crippen molar-refractivity contribution in [3.05, 3.63) is 38.9 Å². The molecule has 1 aliphatic heterocycles. The van der Waals surface area contributed by atoms with Gasteiger partial charge in [-0.2, -0.15) is 0 Å².